The molecule has 122 valence electrons. The average Bonchev–Trinajstić information content (AvgIpc) is 2.51. The van der Waals surface area contributed by atoms with Crippen LogP contribution in [0.2, 0.25) is 15.1 Å². The Balaban J connectivity index is 1.68. The molecular weight excluding hydrogens is 359 g/mol. The van der Waals surface area contributed by atoms with Gasteiger partial charge in [0.1, 0.15) is 5.75 Å². The first-order valence-electron chi connectivity index (χ1n) is 6.93. The average molecular weight is 374 g/mol. The number of carbonyl (C=O) groups excluding carboxylic acids is 1. The van der Waals surface area contributed by atoms with Gasteiger partial charge in [0, 0.05) is 11.6 Å². The first kappa shape index (κ1) is 17.7. The van der Waals surface area contributed by atoms with Gasteiger partial charge >= 0.3 is 6.03 Å². The summed E-state index contributed by atoms with van der Waals surface area (Å²) in [5.74, 6) is 0.631. The molecule has 2 aromatic carbocycles. The van der Waals surface area contributed by atoms with Crippen molar-refractivity contribution in [2.75, 3.05) is 18.5 Å². The quantitative estimate of drug-likeness (QED) is 0.681. The number of rotatable bonds is 6. The normalized spacial score (nSPS) is 10.2. The lowest BCUT2D eigenvalue weighted by atomic mass is 10.3. The Labute approximate surface area is 149 Å². The van der Waals surface area contributed by atoms with E-state index in [1.54, 1.807) is 30.3 Å². The maximum atomic E-state index is 11.8. The van der Waals surface area contributed by atoms with E-state index in [-0.39, 0.29) is 6.03 Å². The molecule has 2 rings (SSSR count). The minimum absolute atomic E-state index is 0.341. The zero-order valence-electron chi connectivity index (χ0n) is 12.1. The van der Waals surface area contributed by atoms with Gasteiger partial charge in [0.15, 0.2) is 0 Å². The van der Waals surface area contributed by atoms with Crippen LogP contribution in [0.3, 0.4) is 0 Å². The Kier molecular flexibility index (Phi) is 6.84. The smallest absolute Gasteiger partial charge is 0.319 e. The first-order chi connectivity index (χ1) is 11.1. The summed E-state index contributed by atoms with van der Waals surface area (Å²) in [7, 11) is 0. The fraction of sp³-hybridized carbons (Fsp3) is 0.188. The second kappa shape index (κ2) is 8.87. The van der Waals surface area contributed by atoms with Gasteiger partial charge in [0.05, 0.1) is 22.3 Å². The van der Waals surface area contributed by atoms with Crippen molar-refractivity contribution in [3.63, 3.8) is 0 Å². The predicted molar refractivity (Wildman–Crippen MR) is 95.0 cm³/mol. The molecule has 2 N–H and O–H groups in total. The minimum Gasteiger partial charge on any atom is -0.492 e. The monoisotopic (exact) mass is 372 g/mol. The maximum Gasteiger partial charge on any atom is 0.319 e. The second-order valence-electron chi connectivity index (χ2n) is 4.64. The lowest BCUT2D eigenvalue weighted by Crippen LogP contribution is -2.30. The molecule has 0 saturated carbocycles. The summed E-state index contributed by atoms with van der Waals surface area (Å²) in [6.45, 7) is 0.910. The number of hydrogen-bond donors (Lipinski definition) is 2. The van der Waals surface area contributed by atoms with Crippen LogP contribution in [0.1, 0.15) is 6.42 Å². The van der Waals surface area contributed by atoms with Gasteiger partial charge < -0.3 is 15.4 Å². The van der Waals surface area contributed by atoms with Crippen LogP contribution in [0.15, 0.2) is 42.5 Å². The highest BCUT2D eigenvalue weighted by Gasteiger charge is 2.06. The Morgan fingerprint density at radius 3 is 2.57 bits per heavy atom. The van der Waals surface area contributed by atoms with Crippen molar-refractivity contribution in [2.45, 2.75) is 6.42 Å². The molecule has 7 heteroatoms. The Hall–Kier alpha value is -1.62. The number of carbonyl (C=O) groups is 1. The van der Waals surface area contributed by atoms with Crippen molar-refractivity contribution in [3.05, 3.63) is 57.5 Å². The summed E-state index contributed by atoms with van der Waals surface area (Å²) in [5.41, 5.74) is 0.501. The molecule has 0 aliphatic carbocycles. The molecule has 23 heavy (non-hydrogen) atoms. The molecule has 0 heterocycles. The van der Waals surface area contributed by atoms with Crippen LogP contribution in [0.25, 0.3) is 0 Å². The van der Waals surface area contributed by atoms with Crippen molar-refractivity contribution in [3.8, 4) is 5.75 Å². The number of nitrogens with one attached hydrogen (secondary N) is 2. The highest BCUT2D eigenvalue weighted by molar-refractivity contribution is 6.36. The molecule has 0 bridgehead atoms. The van der Waals surface area contributed by atoms with E-state index in [2.05, 4.69) is 10.6 Å². The summed E-state index contributed by atoms with van der Waals surface area (Å²) in [6.07, 6.45) is 0.646. The van der Waals surface area contributed by atoms with Crippen molar-refractivity contribution in [2.24, 2.45) is 0 Å². The van der Waals surface area contributed by atoms with Crippen LogP contribution in [-0.2, 0) is 0 Å². The van der Waals surface area contributed by atoms with E-state index >= 15 is 0 Å². The number of amides is 2. The molecule has 0 aliphatic rings. The number of anilines is 1. The SMILES string of the molecule is O=C(NCCCOc1ccccc1Cl)Nc1ccc(Cl)cc1Cl. The topological polar surface area (TPSA) is 50.4 Å². The molecule has 0 spiro atoms. The lowest BCUT2D eigenvalue weighted by Gasteiger charge is -2.10. The molecule has 2 aromatic rings. The molecule has 0 saturated heterocycles. The van der Waals surface area contributed by atoms with Gasteiger partial charge in [-0.15, -0.1) is 0 Å². The van der Waals surface area contributed by atoms with Crippen molar-refractivity contribution in [1.29, 1.82) is 0 Å². The number of hydrogen-bond acceptors (Lipinski definition) is 2. The third-order valence-corrected chi connectivity index (χ3v) is 3.74. The summed E-state index contributed by atoms with van der Waals surface area (Å²) in [4.78, 5) is 11.8. The molecule has 0 radical (unpaired) electrons. The van der Waals surface area contributed by atoms with Gasteiger partial charge in [-0.3, -0.25) is 0 Å². The van der Waals surface area contributed by atoms with Crippen molar-refractivity contribution < 1.29 is 9.53 Å². The highest BCUT2D eigenvalue weighted by Crippen LogP contribution is 2.25. The molecule has 0 unspecified atom stereocenters. The number of benzene rings is 2. The van der Waals surface area contributed by atoms with Crippen LogP contribution in [0.5, 0.6) is 5.75 Å². The number of urea groups is 1. The first-order valence-corrected chi connectivity index (χ1v) is 8.07. The highest BCUT2D eigenvalue weighted by atomic mass is 35.5. The number of halogens is 3. The summed E-state index contributed by atoms with van der Waals surface area (Å²) >= 11 is 17.8. The van der Waals surface area contributed by atoms with Crippen LogP contribution < -0.4 is 15.4 Å². The summed E-state index contributed by atoms with van der Waals surface area (Å²) in [6, 6.07) is 11.8. The molecule has 0 aliphatic heterocycles. The van der Waals surface area contributed by atoms with Crippen LogP contribution in [0, 0.1) is 0 Å². The van der Waals surface area contributed by atoms with E-state index in [1.807, 2.05) is 12.1 Å². The van der Waals surface area contributed by atoms with Gasteiger partial charge in [-0.05, 0) is 36.8 Å². The zero-order chi connectivity index (χ0) is 16.7. The third-order valence-electron chi connectivity index (χ3n) is 2.88. The van der Waals surface area contributed by atoms with Crippen LogP contribution in [0.4, 0.5) is 10.5 Å². The summed E-state index contributed by atoms with van der Waals surface area (Å²) in [5, 5.41) is 6.83. The predicted octanol–water partition coefficient (Wildman–Crippen LogP) is 5.24. The van der Waals surface area contributed by atoms with Crippen molar-refractivity contribution >= 4 is 46.5 Å². The van der Waals surface area contributed by atoms with E-state index in [0.717, 1.165) is 0 Å². The van der Waals surface area contributed by atoms with Crippen molar-refractivity contribution in [1.82, 2.24) is 5.32 Å². The van der Waals surface area contributed by atoms with E-state index in [1.165, 1.54) is 0 Å². The summed E-state index contributed by atoms with van der Waals surface area (Å²) < 4.78 is 5.53. The van der Waals surface area contributed by atoms with Gasteiger partial charge in [-0.1, -0.05) is 46.9 Å². The van der Waals surface area contributed by atoms with Gasteiger partial charge in [0.25, 0.3) is 0 Å². The third kappa shape index (κ3) is 5.82. The van der Waals surface area contributed by atoms with E-state index in [4.69, 9.17) is 39.5 Å². The van der Waals surface area contributed by atoms with E-state index in [0.29, 0.717) is 46.1 Å². The Morgan fingerprint density at radius 2 is 1.83 bits per heavy atom. The fourth-order valence-corrected chi connectivity index (χ4v) is 2.42. The number of ether oxygens (including phenoxy) is 1. The fourth-order valence-electron chi connectivity index (χ4n) is 1.78. The van der Waals surface area contributed by atoms with E-state index < -0.39 is 0 Å². The lowest BCUT2D eigenvalue weighted by molar-refractivity contribution is 0.250. The maximum absolute atomic E-state index is 11.8. The van der Waals surface area contributed by atoms with Gasteiger partial charge in [-0.2, -0.15) is 0 Å². The molecule has 4 nitrogen and oxygen atoms in total. The van der Waals surface area contributed by atoms with Gasteiger partial charge in [-0.25, -0.2) is 4.79 Å². The molecule has 0 fully saturated rings. The van der Waals surface area contributed by atoms with Crippen LogP contribution in [-0.4, -0.2) is 19.2 Å². The molecule has 0 aromatic heterocycles. The second-order valence-corrected chi connectivity index (χ2v) is 5.89. The standard InChI is InChI=1S/C16H15Cl3N2O2/c17-11-6-7-14(13(19)10-11)21-16(22)20-8-3-9-23-15-5-2-1-4-12(15)18/h1-2,4-7,10H,3,8-9H2,(H2,20,21,22). The van der Waals surface area contributed by atoms with Crippen LogP contribution >= 0.6 is 34.8 Å². The van der Waals surface area contributed by atoms with Gasteiger partial charge in [0.2, 0.25) is 0 Å². The Morgan fingerprint density at radius 1 is 1.04 bits per heavy atom. The van der Waals surface area contributed by atoms with E-state index in [9.17, 15) is 4.79 Å². The largest absolute Gasteiger partial charge is 0.492 e. The minimum atomic E-state index is -0.341. The molecule has 0 atom stereocenters. The Bertz CT molecular complexity index is 680. The molecule has 2 amide bonds. The number of para-hydroxylation sites is 1. The molecular formula is C16H15Cl3N2O2. The zero-order valence-corrected chi connectivity index (χ0v) is 14.4.